The lowest BCUT2D eigenvalue weighted by atomic mass is 10.1. The lowest BCUT2D eigenvalue weighted by Crippen LogP contribution is -2.19. The van der Waals surface area contributed by atoms with Crippen LogP contribution in [-0.2, 0) is 4.74 Å². The fraction of sp³-hybridized carbons (Fsp3) is 0.389. The molecule has 0 aliphatic carbocycles. The molecule has 7 nitrogen and oxygen atoms in total. The highest BCUT2D eigenvalue weighted by Crippen LogP contribution is 2.24. The van der Waals surface area contributed by atoms with Gasteiger partial charge in [0.1, 0.15) is 11.4 Å². The molecule has 0 fully saturated rings. The molecule has 1 heterocycles. The van der Waals surface area contributed by atoms with Gasteiger partial charge in [-0.3, -0.25) is 9.48 Å². The van der Waals surface area contributed by atoms with Crippen LogP contribution in [0.1, 0.15) is 52.9 Å². The van der Waals surface area contributed by atoms with Crippen LogP contribution in [0.15, 0.2) is 30.3 Å². The number of nitrogens with zero attached hydrogens (tertiary/aromatic N) is 2. The van der Waals surface area contributed by atoms with Crippen LogP contribution in [0.4, 0.5) is 0 Å². The molecule has 1 atom stereocenters. The first-order valence-electron chi connectivity index (χ1n) is 8.14. The van der Waals surface area contributed by atoms with E-state index in [0.29, 0.717) is 6.61 Å². The predicted molar refractivity (Wildman–Crippen MR) is 93.0 cm³/mol. The van der Waals surface area contributed by atoms with E-state index in [-0.39, 0.29) is 23.3 Å². The highest BCUT2D eigenvalue weighted by molar-refractivity contribution is 5.95. The Labute approximate surface area is 146 Å². The monoisotopic (exact) mass is 345 g/mol. The maximum atomic E-state index is 12.1. The van der Waals surface area contributed by atoms with E-state index < -0.39 is 5.97 Å². The summed E-state index contributed by atoms with van der Waals surface area (Å²) >= 11 is 0. The van der Waals surface area contributed by atoms with Crippen LogP contribution >= 0.6 is 0 Å². The Morgan fingerprint density at radius 1 is 1.32 bits per heavy atom. The number of ether oxygens (including phenoxy) is 2. The van der Waals surface area contributed by atoms with Gasteiger partial charge in [0.15, 0.2) is 5.69 Å². The zero-order valence-electron chi connectivity index (χ0n) is 14.9. The Morgan fingerprint density at radius 2 is 2.08 bits per heavy atom. The Balaban J connectivity index is 2.40. The van der Waals surface area contributed by atoms with Crippen molar-refractivity contribution in [1.82, 2.24) is 15.1 Å². The highest BCUT2D eigenvalue weighted by atomic mass is 16.5. The van der Waals surface area contributed by atoms with Crippen LogP contribution in [0.2, 0.25) is 0 Å². The zero-order chi connectivity index (χ0) is 18.4. The Morgan fingerprint density at radius 3 is 2.72 bits per heavy atom. The summed E-state index contributed by atoms with van der Waals surface area (Å²) in [7, 11) is 2.81. The Kier molecular flexibility index (Phi) is 6.16. The van der Waals surface area contributed by atoms with Gasteiger partial charge in [-0.25, -0.2) is 4.79 Å². The van der Waals surface area contributed by atoms with Gasteiger partial charge >= 0.3 is 5.97 Å². The summed E-state index contributed by atoms with van der Waals surface area (Å²) in [5, 5.41) is 6.78. The quantitative estimate of drug-likeness (QED) is 0.779. The van der Waals surface area contributed by atoms with E-state index in [2.05, 4.69) is 10.4 Å². The lowest BCUT2D eigenvalue weighted by molar-refractivity contribution is 0.0585. The Hall–Kier alpha value is -2.83. The second-order valence-electron chi connectivity index (χ2n) is 5.53. The third-order valence-electron chi connectivity index (χ3n) is 3.77. The van der Waals surface area contributed by atoms with Gasteiger partial charge in [0.2, 0.25) is 0 Å². The van der Waals surface area contributed by atoms with Crippen LogP contribution in [0.3, 0.4) is 0 Å². The number of carbonyl (C=O) groups is 2. The number of nitrogens with one attached hydrogen (secondary N) is 1. The molecular formula is C18H23N3O4. The van der Waals surface area contributed by atoms with Gasteiger partial charge in [0.05, 0.1) is 19.8 Å². The molecule has 25 heavy (non-hydrogen) atoms. The molecule has 0 spiro atoms. The molecule has 1 unspecified atom stereocenters. The number of rotatable bonds is 7. The van der Waals surface area contributed by atoms with E-state index in [4.69, 9.17) is 9.47 Å². The molecule has 0 aliphatic heterocycles. The first kappa shape index (κ1) is 18.5. The summed E-state index contributed by atoms with van der Waals surface area (Å²) in [5.74, 6) is -0.159. The number of esters is 1. The summed E-state index contributed by atoms with van der Waals surface area (Å²) in [4.78, 5) is 23.9. The summed E-state index contributed by atoms with van der Waals surface area (Å²) in [5.41, 5.74) is 1.28. The number of hydrogen-bond acceptors (Lipinski definition) is 5. The minimum absolute atomic E-state index is 0.160. The van der Waals surface area contributed by atoms with Gasteiger partial charge in [-0.1, -0.05) is 19.1 Å². The third kappa shape index (κ3) is 4.17. The van der Waals surface area contributed by atoms with E-state index >= 15 is 0 Å². The molecular weight excluding hydrogens is 322 g/mol. The zero-order valence-corrected chi connectivity index (χ0v) is 14.9. The smallest absolute Gasteiger partial charge is 0.356 e. The molecule has 0 aliphatic rings. The van der Waals surface area contributed by atoms with Crippen molar-refractivity contribution in [3.8, 4) is 5.75 Å². The number of hydrogen-bond donors (Lipinski definition) is 1. The van der Waals surface area contributed by atoms with Crippen molar-refractivity contribution in [1.29, 1.82) is 0 Å². The van der Waals surface area contributed by atoms with Gasteiger partial charge in [-0.05, 0) is 31.0 Å². The van der Waals surface area contributed by atoms with E-state index in [1.807, 2.05) is 38.1 Å². The van der Waals surface area contributed by atoms with Crippen molar-refractivity contribution in [2.24, 2.45) is 0 Å². The molecule has 0 saturated heterocycles. The molecule has 1 N–H and O–H groups in total. The first-order chi connectivity index (χ1) is 12.0. The molecule has 0 bridgehead atoms. The van der Waals surface area contributed by atoms with Gasteiger partial charge in [-0.15, -0.1) is 0 Å². The Bertz CT molecular complexity index is 755. The van der Waals surface area contributed by atoms with Gasteiger partial charge < -0.3 is 14.8 Å². The van der Waals surface area contributed by atoms with Crippen molar-refractivity contribution in [3.63, 3.8) is 0 Å². The van der Waals surface area contributed by atoms with Crippen LogP contribution < -0.4 is 10.1 Å². The first-order valence-corrected chi connectivity index (χ1v) is 8.14. The maximum absolute atomic E-state index is 12.1. The molecule has 2 rings (SSSR count). The lowest BCUT2D eigenvalue weighted by Gasteiger charge is -2.16. The number of methoxy groups -OCH3 is 1. The molecule has 1 amide bonds. The highest BCUT2D eigenvalue weighted by Gasteiger charge is 2.23. The SMILES string of the molecule is CCCOc1cccc(C(C)n2nc(C(=O)NC)cc2C(=O)OC)c1. The van der Waals surface area contributed by atoms with Crippen molar-refractivity contribution in [2.45, 2.75) is 26.3 Å². The van der Waals surface area contributed by atoms with Gasteiger partial charge in [-0.2, -0.15) is 5.10 Å². The largest absolute Gasteiger partial charge is 0.494 e. The minimum Gasteiger partial charge on any atom is -0.494 e. The average molecular weight is 345 g/mol. The average Bonchev–Trinajstić information content (AvgIpc) is 3.10. The molecule has 134 valence electrons. The number of benzene rings is 1. The summed E-state index contributed by atoms with van der Waals surface area (Å²) in [6.45, 7) is 4.57. The second kappa shape index (κ2) is 8.32. The summed E-state index contributed by atoms with van der Waals surface area (Å²) in [6.07, 6.45) is 0.918. The van der Waals surface area contributed by atoms with Crippen LogP contribution in [0.5, 0.6) is 5.75 Å². The van der Waals surface area contributed by atoms with Crippen LogP contribution in [0, 0.1) is 0 Å². The maximum Gasteiger partial charge on any atom is 0.356 e. The fourth-order valence-corrected chi connectivity index (χ4v) is 2.41. The van der Waals surface area contributed by atoms with Crippen molar-refractivity contribution in [2.75, 3.05) is 20.8 Å². The normalized spacial score (nSPS) is 11.7. The fourth-order valence-electron chi connectivity index (χ4n) is 2.41. The second-order valence-corrected chi connectivity index (χ2v) is 5.53. The van der Waals surface area contributed by atoms with Gasteiger partial charge in [0, 0.05) is 13.1 Å². The van der Waals surface area contributed by atoms with E-state index in [9.17, 15) is 9.59 Å². The third-order valence-corrected chi connectivity index (χ3v) is 3.77. The summed E-state index contributed by atoms with van der Waals surface area (Å²) < 4.78 is 12.0. The van der Waals surface area contributed by atoms with Crippen molar-refractivity contribution in [3.05, 3.63) is 47.3 Å². The molecule has 0 saturated carbocycles. The predicted octanol–water partition coefficient (Wildman–Crippen LogP) is 2.43. The van der Waals surface area contributed by atoms with Crippen molar-refractivity contribution < 1.29 is 19.1 Å². The van der Waals surface area contributed by atoms with Gasteiger partial charge in [0.25, 0.3) is 5.91 Å². The molecule has 7 heteroatoms. The standard InChI is InChI=1S/C18H23N3O4/c1-5-9-25-14-8-6-7-13(10-14)12(2)21-16(18(23)24-4)11-15(20-21)17(22)19-3/h6-8,10-12H,5,9H2,1-4H3,(H,19,22). The molecule has 0 radical (unpaired) electrons. The van der Waals surface area contributed by atoms with Crippen LogP contribution in [-0.4, -0.2) is 42.4 Å². The molecule has 1 aromatic heterocycles. The number of aromatic nitrogens is 2. The minimum atomic E-state index is -0.548. The number of carbonyl (C=O) groups excluding carboxylic acids is 2. The van der Waals surface area contributed by atoms with Crippen LogP contribution in [0.25, 0.3) is 0 Å². The van der Waals surface area contributed by atoms with Crippen molar-refractivity contribution >= 4 is 11.9 Å². The number of amides is 1. The molecule has 1 aromatic carbocycles. The van der Waals surface area contributed by atoms with E-state index in [0.717, 1.165) is 17.7 Å². The van der Waals surface area contributed by atoms with E-state index in [1.54, 1.807) is 0 Å². The summed E-state index contributed by atoms with van der Waals surface area (Å²) in [6, 6.07) is 8.74. The molecule has 2 aromatic rings. The topological polar surface area (TPSA) is 82.5 Å². The van der Waals surface area contributed by atoms with E-state index in [1.165, 1.54) is 24.9 Å².